The van der Waals surface area contributed by atoms with Crippen LogP contribution < -0.4 is 10.1 Å². The van der Waals surface area contributed by atoms with Gasteiger partial charge in [0.05, 0.1) is 11.6 Å². The predicted molar refractivity (Wildman–Crippen MR) is 77.8 cm³/mol. The molecule has 1 aliphatic rings. The molecule has 0 saturated carbocycles. The average Bonchev–Trinajstić information content (AvgIpc) is 2.99. The predicted octanol–water partition coefficient (Wildman–Crippen LogP) is 3.36. The zero-order valence-corrected chi connectivity index (χ0v) is 11.8. The summed E-state index contributed by atoms with van der Waals surface area (Å²) < 4.78 is 5.68. The van der Waals surface area contributed by atoms with Crippen LogP contribution in [0.5, 0.6) is 5.75 Å². The molecule has 4 heteroatoms. The molecule has 1 aromatic heterocycles. The number of nitrogens with one attached hydrogen (secondary N) is 1. The topological polar surface area (TPSA) is 34.1 Å². The van der Waals surface area contributed by atoms with Crippen molar-refractivity contribution in [3.05, 3.63) is 46.4 Å². The molecule has 100 valence electrons. The van der Waals surface area contributed by atoms with Crippen LogP contribution in [0.25, 0.3) is 0 Å². The number of hydrogen-bond donors (Lipinski definition) is 1. The van der Waals surface area contributed by atoms with Crippen LogP contribution in [0.4, 0.5) is 0 Å². The second-order valence-electron chi connectivity index (χ2n) is 4.91. The van der Waals surface area contributed by atoms with E-state index in [4.69, 9.17) is 4.74 Å². The SMILES string of the molecule is CC(CNC1CCOc2ccccc21)c1nccs1. The van der Waals surface area contributed by atoms with Crippen molar-refractivity contribution in [3.8, 4) is 5.75 Å². The van der Waals surface area contributed by atoms with Gasteiger partial charge in [0.1, 0.15) is 5.75 Å². The Morgan fingerprint density at radius 1 is 1.47 bits per heavy atom. The molecule has 1 aromatic carbocycles. The normalized spacial score (nSPS) is 19.5. The average molecular weight is 274 g/mol. The fourth-order valence-electron chi connectivity index (χ4n) is 2.44. The molecule has 3 nitrogen and oxygen atoms in total. The Kier molecular flexibility index (Phi) is 3.80. The second-order valence-corrected chi connectivity index (χ2v) is 5.83. The first-order chi connectivity index (χ1) is 9.34. The Balaban J connectivity index is 1.65. The second kappa shape index (κ2) is 5.72. The summed E-state index contributed by atoms with van der Waals surface area (Å²) in [5.41, 5.74) is 1.28. The van der Waals surface area contributed by atoms with Crippen molar-refractivity contribution in [1.29, 1.82) is 0 Å². The number of fused-ring (bicyclic) bond motifs is 1. The van der Waals surface area contributed by atoms with Gasteiger partial charge in [-0.15, -0.1) is 11.3 Å². The van der Waals surface area contributed by atoms with Gasteiger partial charge < -0.3 is 10.1 Å². The lowest BCUT2D eigenvalue weighted by molar-refractivity contribution is 0.252. The molecular formula is C15H18N2OS. The molecule has 1 N–H and O–H groups in total. The Morgan fingerprint density at radius 2 is 2.37 bits per heavy atom. The van der Waals surface area contributed by atoms with E-state index < -0.39 is 0 Å². The molecule has 2 atom stereocenters. The lowest BCUT2D eigenvalue weighted by Gasteiger charge is -2.27. The number of aromatic nitrogens is 1. The molecule has 0 amide bonds. The zero-order valence-electron chi connectivity index (χ0n) is 11.0. The summed E-state index contributed by atoms with van der Waals surface area (Å²) in [5, 5.41) is 6.89. The van der Waals surface area contributed by atoms with E-state index >= 15 is 0 Å². The van der Waals surface area contributed by atoms with E-state index in [0.717, 1.165) is 25.3 Å². The smallest absolute Gasteiger partial charge is 0.124 e. The molecule has 0 fully saturated rings. The minimum absolute atomic E-state index is 0.396. The van der Waals surface area contributed by atoms with Crippen LogP contribution >= 0.6 is 11.3 Å². The Hall–Kier alpha value is -1.39. The highest BCUT2D eigenvalue weighted by molar-refractivity contribution is 7.09. The first-order valence-electron chi connectivity index (χ1n) is 6.69. The van der Waals surface area contributed by atoms with Gasteiger partial charge in [0.25, 0.3) is 0 Å². The fraction of sp³-hybridized carbons (Fsp3) is 0.400. The van der Waals surface area contributed by atoms with E-state index in [1.165, 1.54) is 10.6 Å². The highest BCUT2D eigenvalue weighted by Gasteiger charge is 2.21. The van der Waals surface area contributed by atoms with E-state index in [9.17, 15) is 0 Å². The summed E-state index contributed by atoms with van der Waals surface area (Å²) in [6.07, 6.45) is 2.90. The Bertz CT molecular complexity index is 527. The van der Waals surface area contributed by atoms with Gasteiger partial charge in [-0.05, 0) is 6.07 Å². The molecule has 1 aliphatic heterocycles. The van der Waals surface area contributed by atoms with Gasteiger partial charge in [-0.3, -0.25) is 0 Å². The highest BCUT2D eigenvalue weighted by atomic mass is 32.1. The number of benzene rings is 1. The Labute approximate surface area is 117 Å². The summed E-state index contributed by atoms with van der Waals surface area (Å²) >= 11 is 1.73. The van der Waals surface area contributed by atoms with Gasteiger partial charge >= 0.3 is 0 Å². The molecule has 0 bridgehead atoms. The number of para-hydroxylation sites is 1. The number of hydrogen-bond acceptors (Lipinski definition) is 4. The third-order valence-corrected chi connectivity index (χ3v) is 4.51. The first kappa shape index (κ1) is 12.6. The molecule has 3 rings (SSSR count). The van der Waals surface area contributed by atoms with Crippen LogP contribution in [0.15, 0.2) is 35.8 Å². The van der Waals surface area contributed by atoms with Crippen LogP contribution in [0, 0.1) is 0 Å². The summed E-state index contributed by atoms with van der Waals surface area (Å²) in [6.45, 7) is 3.96. The van der Waals surface area contributed by atoms with Gasteiger partial charge in [-0.25, -0.2) is 4.98 Å². The lowest BCUT2D eigenvalue weighted by Crippen LogP contribution is -2.29. The van der Waals surface area contributed by atoms with Crippen molar-refractivity contribution in [3.63, 3.8) is 0 Å². The third-order valence-electron chi connectivity index (χ3n) is 3.50. The van der Waals surface area contributed by atoms with Crippen LogP contribution in [0.2, 0.25) is 0 Å². The van der Waals surface area contributed by atoms with E-state index in [0.29, 0.717) is 12.0 Å². The summed E-state index contributed by atoms with van der Waals surface area (Å²) in [6, 6.07) is 8.70. The van der Waals surface area contributed by atoms with Crippen molar-refractivity contribution >= 4 is 11.3 Å². The standard InChI is InChI=1S/C15H18N2OS/c1-11(15-16-7-9-19-15)10-17-13-6-8-18-14-5-3-2-4-12(13)14/h2-5,7,9,11,13,17H,6,8,10H2,1H3. The molecule has 19 heavy (non-hydrogen) atoms. The molecule has 0 saturated heterocycles. The highest BCUT2D eigenvalue weighted by Crippen LogP contribution is 2.31. The third kappa shape index (κ3) is 2.80. The summed E-state index contributed by atoms with van der Waals surface area (Å²) in [7, 11) is 0. The molecule has 0 aliphatic carbocycles. The molecule has 2 aromatic rings. The van der Waals surface area contributed by atoms with E-state index in [2.05, 4.69) is 29.4 Å². The van der Waals surface area contributed by atoms with E-state index in [1.807, 2.05) is 23.7 Å². The van der Waals surface area contributed by atoms with Gasteiger partial charge in [-0.2, -0.15) is 0 Å². The molecular weight excluding hydrogens is 256 g/mol. The minimum atomic E-state index is 0.396. The summed E-state index contributed by atoms with van der Waals surface area (Å²) in [5.74, 6) is 1.48. The van der Waals surface area contributed by atoms with Gasteiger partial charge in [-0.1, -0.05) is 25.1 Å². The van der Waals surface area contributed by atoms with Crippen LogP contribution in [-0.2, 0) is 0 Å². The number of thiazole rings is 1. The zero-order chi connectivity index (χ0) is 13.1. The molecule has 0 spiro atoms. The molecule has 2 unspecified atom stereocenters. The number of ether oxygens (including phenoxy) is 1. The monoisotopic (exact) mass is 274 g/mol. The maximum atomic E-state index is 5.68. The quantitative estimate of drug-likeness (QED) is 0.928. The number of nitrogens with zero attached hydrogens (tertiary/aromatic N) is 1. The largest absolute Gasteiger partial charge is 0.493 e. The van der Waals surface area contributed by atoms with Gasteiger partial charge in [0.15, 0.2) is 0 Å². The maximum Gasteiger partial charge on any atom is 0.124 e. The molecule has 2 heterocycles. The van der Waals surface area contributed by atoms with Gasteiger partial charge in [0.2, 0.25) is 0 Å². The van der Waals surface area contributed by atoms with Crippen LogP contribution in [-0.4, -0.2) is 18.1 Å². The van der Waals surface area contributed by atoms with Crippen LogP contribution in [0.1, 0.15) is 35.9 Å². The summed E-state index contributed by atoms with van der Waals surface area (Å²) in [4.78, 5) is 4.38. The maximum absolute atomic E-state index is 5.68. The van der Waals surface area contributed by atoms with Crippen molar-refractivity contribution in [2.24, 2.45) is 0 Å². The number of rotatable bonds is 4. The van der Waals surface area contributed by atoms with E-state index in [-0.39, 0.29) is 0 Å². The minimum Gasteiger partial charge on any atom is -0.493 e. The van der Waals surface area contributed by atoms with Crippen LogP contribution in [0.3, 0.4) is 0 Å². The fourth-order valence-corrected chi connectivity index (χ4v) is 3.14. The van der Waals surface area contributed by atoms with E-state index in [1.54, 1.807) is 11.3 Å². The molecule has 0 radical (unpaired) electrons. The first-order valence-corrected chi connectivity index (χ1v) is 7.57. The van der Waals surface area contributed by atoms with Crippen molar-refractivity contribution < 1.29 is 4.74 Å². The lowest BCUT2D eigenvalue weighted by atomic mass is 10.00. The van der Waals surface area contributed by atoms with Crippen molar-refractivity contribution in [2.75, 3.05) is 13.2 Å². The Morgan fingerprint density at radius 3 is 3.21 bits per heavy atom. The van der Waals surface area contributed by atoms with Crippen molar-refractivity contribution in [2.45, 2.75) is 25.3 Å². The van der Waals surface area contributed by atoms with Gasteiger partial charge in [0, 0.05) is 42.1 Å². The van der Waals surface area contributed by atoms with Crippen molar-refractivity contribution in [1.82, 2.24) is 10.3 Å².